The van der Waals surface area contributed by atoms with Gasteiger partial charge in [-0.3, -0.25) is 28.2 Å². The van der Waals surface area contributed by atoms with Gasteiger partial charge in [0.25, 0.3) is 0 Å². The minimum atomic E-state index is -4.32. The standard InChI is InChI=1S/C29H49BN3O16P/c1-16(34)33-23-26(46-19(4)37)25(45-18(3)36)22(15-44-17(2)35)48-28(23)43-13-8-7-11-31-29(38)32-12-9-10-20-24(49-50(39,40)42-6)21(14-41-5)47-27(20)30/h20-28H,7-15H2,1-6H3,(H,33,34)(H,39,40)(H2,31,32,38)/t20-,21+,22+,23+,24?,25-,26+,27+,28+/m0/s1. The van der Waals surface area contributed by atoms with E-state index in [1.807, 2.05) is 0 Å². The third-order valence-electron chi connectivity index (χ3n) is 7.57. The zero-order chi connectivity index (χ0) is 37.4. The van der Waals surface area contributed by atoms with Gasteiger partial charge in [-0.1, -0.05) is 0 Å². The maximum atomic E-state index is 12.3. The molecule has 0 aromatic carbocycles. The van der Waals surface area contributed by atoms with Gasteiger partial charge >= 0.3 is 31.8 Å². The fourth-order valence-electron chi connectivity index (χ4n) is 5.48. The largest absolute Gasteiger partial charge is 0.472 e. The summed E-state index contributed by atoms with van der Waals surface area (Å²) in [6.45, 7) is 5.12. The average molecular weight is 738 g/mol. The van der Waals surface area contributed by atoms with Crippen molar-refractivity contribution in [1.29, 1.82) is 0 Å². The van der Waals surface area contributed by atoms with Crippen molar-refractivity contribution in [2.45, 2.75) is 102 Å². The molecule has 10 atom stereocenters. The van der Waals surface area contributed by atoms with Crippen LogP contribution in [-0.2, 0) is 65.9 Å². The van der Waals surface area contributed by atoms with E-state index in [9.17, 15) is 33.4 Å². The Morgan fingerprint density at radius 2 is 1.44 bits per heavy atom. The molecule has 2 aliphatic rings. The molecule has 284 valence electrons. The van der Waals surface area contributed by atoms with Crippen molar-refractivity contribution in [2.75, 3.05) is 47.1 Å². The van der Waals surface area contributed by atoms with E-state index in [1.54, 1.807) is 0 Å². The molecule has 2 rings (SSSR count). The lowest BCUT2D eigenvalue weighted by Gasteiger charge is -2.44. The number of amides is 3. The average Bonchev–Trinajstić information content (AvgIpc) is 3.30. The minimum Gasteiger partial charge on any atom is -0.463 e. The van der Waals surface area contributed by atoms with Crippen LogP contribution < -0.4 is 16.0 Å². The fourth-order valence-corrected chi connectivity index (χ4v) is 6.16. The van der Waals surface area contributed by atoms with Gasteiger partial charge in [-0.15, -0.1) is 0 Å². The fraction of sp³-hybridized carbons (Fsp3) is 0.828. The molecule has 0 bridgehead atoms. The molecule has 0 saturated carbocycles. The summed E-state index contributed by atoms with van der Waals surface area (Å²) in [7, 11) is 4.28. The number of rotatable bonds is 20. The number of carbonyl (C=O) groups is 5. The Balaban J connectivity index is 1.85. The molecule has 4 N–H and O–H groups in total. The van der Waals surface area contributed by atoms with Crippen LogP contribution in [0.1, 0.15) is 53.4 Å². The molecular weight excluding hydrogens is 688 g/mol. The van der Waals surface area contributed by atoms with Crippen LogP contribution in [0, 0.1) is 5.92 Å². The number of urea groups is 1. The van der Waals surface area contributed by atoms with Gasteiger partial charge < -0.3 is 54.0 Å². The topological polar surface area (TPSA) is 242 Å². The first-order chi connectivity index (χ1) is 23.6. The number of phosphoric acid groups is 1. The van der Waals surface area contributed by atoms with Crippen LogP contribution >= 0.6 is 7.82 Å². The Kier molecular flexibility index (Phi) is 18.6. The van der Waals surface area contributed by atoms with Gasteiger partial charge in [-0.25, -0.2) is 9.36 Å². The van der Waals surface area contributed by atoms with Crippen LogP contribution in [0.3, 0.4) is 0 Å². The van der Waals surface area contributed by atoms with E-state index in [0.29, 0.717) is 25.7 Å². The van der Waals surface area contributed by atoms with Crippen molar-refractivity contribution in [3.8, 4) is 0 Å². The molecular formula is C29H49BN3O16P. The number of nitrogens with one attached hydrogen (secondary N) is 3. The Morgan fingerprint density at radius 1 is 0.820 bits per heavy atom. The van der Waals surface area contributed by atoms with Crippen LogP contribution in [0.2, 0.25) is 0 Å². The van der Waals surface area contributed by atoms with Gasteiger partial charge in [-0.2, -0.15) is 0 Å². The van der Waals surface area contributed by atoms with E-state index in [-0.39, 0.29) is 32.9 Å². The summed E-state index contributed by atoms with van der Waals surface area (Å²) >= 11 is 0. The summed E-state index contributed by atoms with van der Waals surface area (Å²) in [6.07, 6.45) is -4.45. The molecule has 0 aromatic heterocycles. The van der Waals surface area contributed by atoms with E-state index in [0.717, 1.165) is 21.0 Å². The predicted octanol–water partition coefficient (Wildman–Crippen LogP) is -0.193. The molecule has 3 amide bonds. The maximum Gasteiger partial charge on any atom is 0.472 e. The van der Waals surface area contributed by atoms with Crippen LogP contribution in [0.4, 0.5) is 4.79 Å². The summed E-state index contributed by atoms with van der Waals surface area (Å²) in [5.74, 6) is -3.01. The Bertz CT molecular complexity index is 1180. The van der Waals surface area contributed by atoms with Gasteiger partial charge in [0, 0.05) is 73.5 Å². The van der Waals surface area contributed by atoms with Crippen molar-refractivity contribution >= 4 is 45.5 Å². The molecule has 21 heteroatoms. The zero-order valence-corrected chi connectivity index (χ0v) is 30.1. The van der Waals surface area contributed by atoms with E-state index in [1.165, 1.54) is 21.0 Å². The van der Waals surface area contributed by atoms with E-state index < -0.39 is 92.4 Å². The summed E-state index contributed by atoms with van der Waals surface area (Å²) in [4.78, 5) is 69.5. The summed E-state index contributed by atoms with van der Waals surface area (Å²) in [5.41, 5.74) is 0. The van der Waals surface area contributed by atoms with Gasteiger partial charge in [0.1, 0.15) is 38.8 Å². The number of unbranched alkanes of at least 4 members (excludes halogenated alkanes) is 1. The molecule has 0 aliphatic carbocycles. The highest BCUT2D eigenvalue weighted by Gasteiger charge is 2.51. The van der Waals surface area contributed by atoms with E-state index in [2.05, 4.69) is 20.5 Å². The summed E-state index contributed by atoms with van der Waals surface area (Å²) in [6, 6.07) is -2.27. The third-order valence-corrected chi connectivity index (χ3v) is 8.54. The van der Waals surface area contributed by atoms with E-state index in [4.69, 9.17) is 45.5 Å². The molecule has 19 nitrogen and oxygen atoms in total. The predicted molar refractivity (Wildman–Crippen MR) is 171 cm³/mol. The highest BCUT2D eigenvalue weighted by Crippen LogP contribution is 2.48. The second kappa shape index (κ2) is 21.5. The van der Waals surface area contributed by atoms with Gasteiger partial charge in [0.2, 0.25) is 5.91 Å². The van der Waals surface area contributed by atoms with E-state index >= 15 is 0 Å². The SMILES string of the molecule is [B][C@@H]1O[C@H](COC)C(OP(=O)(O)OC)[C@@H]1CCCNC(=O)NCCCCO[C@@H]1O[C@H](COC(C)=O)[C@H](OC(C)=O)[C@H](OC(C)=O)[C@H]1NC(C)=O. The maximum absolute atomic E-state index is 12.3. The number of hydrogen-bond donors (Lipinski definition) is 4. The van der Waals surface area contributed by atoms with Crippen LogP contribution in [-0.4, -0.2) is 139 Å². The van der Waals surface area contributed by atoms with Crippen molar-refractivity contribution < 1.29 is 75.6 Å². The Hall–Kier alpha value is -2.84. The number of esters is 3. The highest BCUT2D eigenvalue weighted by atomic mass is 31.2. The Labute approximate surface area is 292 Å². The second-order valence-electron chi connectivity index (χ2n) is 11.6. The highest BCUT2D eigenvalue weighted by molar-refractivity contribution is 7.47. The molecule has 50 heavy (non-hydrogen) atoms. The van der Waals surface area contributed by atoms with Crippen molar-refractivity contribution in [2.24, 2.45) is 5.92 Å². The molecule has 2 heterocycles. The molecule has 0 spiro atoms. The first kappa shape index (κ1) is 43.3. The van der Waals surface area contributed by atoms with Crippen molar-refractivity contribution in [3.63, 3.8) is 0 Å². The van der Waals surface area contributed by atoms with Gasteiger partial charge in [0.15, 0.2) is 18.5 Å². The van der Waals surface area contributed by atoms with Crippen LogP contribution in [0.15, 0.2) is 0 Å². The molecule has 2 aliphatic heterocycles. The summed E-state index contributed by atoms with van der Waals surface area (Å²) < 4.78 is 60.4. The normalized spacial score (nSPS) is 28.9. The number of methoxy groups -OCH3 is 1. The van der Waals surface area contributed by atoms with Gasteiger partial charge in [-0.05, 0) is 25.7 Å². The molecule has 2 fully saturated rings. The molecule has 2 saturated heterocycles. The first-order valence-electron chi connectivity index (χ1n) is 16.1. The number of ether oxygens (including phenoxy) is 7. The van der Waals surface area contributed by atoms with Crippen LogP contribution in [0.25, 0.3) is 0 Å². The van der Waals surface area contributed by atoms with Crippen molar-refractivity contribution in [1.82, 2.24) is 16.0 Å². The van der Waals surface area contributed by atoms with Crippen molar-refractivity contribution in [3.05, 3.63) is 0 Å². The zero-order valence-electron chi connectivity index (χ0n) is 29.2. The monoisotopic (exact) mass is 737 g/mol. The van der Waals surface area contributed by atoms with Gasteiger partial charge in [0.05, 0.1) is 6.61 Å². The lowest BCUT2D eigenvalue weighted by Crippen LogP contribution is -2.66. The quantitative estimate of drug-likeness (QED) is 0.0416. The first-order valence-corrected chi connectivity index (χ1v) is 17.6. The number of carbonyl (C=O) groups excluding carboxylic acids is 5. The second-order valence-corrected chi connectivity index (χ2v) is 13.1. The lowest BCUT2D eigenvalue weighted by molar-refractivity contribution is -0.277. The smallest absolute Gasteiger partial charge is 0.463 e. The number of hydrogen-bond acceptors (Lipinski definition) is 15. The minimum absolute atomic E-state index is 0.0930. The molecule has 2 unspecified atom stereocenters. The Morgan fingerprint density at radius 3 is 2.02 bits per heavy atom. The molecule has 0 aromatic rings. The molecule has 2 radical (unpaired) electrons. The number of phosphoric ester groups is 1. The van der Waals surface area contributed by atoms with Crippen LogP contribution in [0.5, 0.6) is 0 Å². The lowest BCUT2D eigenvalue weighted by atomic mass is 9.82. The third kappa shape index (κ3) is 14.8. The summed E-state index contributed by atoms with van der Waals surface area (Å²) in [5, 5.41) is 8.08.